The van der Waals surface area contributed by atoms with Crippen molar-refractivity contribution in [2.24, 2.45) is 0 Å². The molecule has 0 spiro atoms. The lowest BCUT2D eigenvalue weighted by Crippen LogP contribution is -2.44. The third-order valence-corrected chi connectivity index (χ3v) is 5.38. The van der Waals surface area contributed by atoms with Gasteiger partial charge in [-0.05, 0) is 16.7 Å². The average molecular weight is 388 g/mol. The highest BCUT2D eigenvalue weighted by atomic mass is 16.5. The Morgan fingerprint density at radius 1 is 0.567 bits per heavy atom. The minimum atomic E-state index is 0.0974. The molecule has 0 aliphatic carbocycles. The smallest absolute Gasteiger partial charge is 0.242 e. The predicted molar refractivity (Wildman–Crippen MR) is 129 cm³/mol. The van der Waals surface area contributed by atoms with Crippen molar-refractivity contribution in [3.63, 3.8) is 0 Å². The van der Waals surface area contributed by atoms with Crippen LogP contribution < -0.4 is 10.9 Å². The van der Waals surface area contributed by atoms with Crippen LogP contribution in [0.1, 0.15) is 11.1 Å². The van der Waals surface area contributed by atoms with Gasteiger partial charge in [0.15, 0.2) is 0 Å². The maximum absolute atomic E-state index is 5.72. The molecular weight excluding hydrogens is 363 g/mol. The van der Waals surface area contributed by atoms with Crippen molar-refractivity contribution in [2.45, 2.75) is 0 Å². The normalized spacial score (nSPS) is 11.6. The summed E-state index contributed by atoms with van der Waals surface area (Å²) in [6, 6.07) is 42.8. The predicted octanol–water partition coefficient (Wildman–Crippen LogP) is 5.09. The number of rotatable bonds is 7. The summed E-state index contributed by atoms with van der Waals surface area (Å²) in [7, 11) is 1.77. The third kappa shape index (κ3) is 4.45. The molecule has 0 saturated heterocycles. The van der Waals surface area contributed by atoms with E-state index in [1.165, 1.54) is 33.1 Å². The Morgan fingerprint density at radius 2 is 0.967 bits per heavy atom. The van der Waals surface area contributed by atoms with Gasteiger partial charge in [0.2, 0.25) is 6.71 Å². The van der Waals surface area contributed by atoms with Gasteiger partial charge in [-0.15, -0.1) is 0 Å². The number of hydrogen-bond acceptors (Lipinski definition) is 1. The van der Waals surface area contributed by atoms with Gasteiger partial charge >= 0.3 is 0 Å². The summed E-state index contributed by atoms with van der Waals surface area (Å²) in [4.78, 5) is 0. The monoisotopic (exact) mass is 388 g/mol. The van der Waals surface area contributed by atoms with Gasteiger partial charge in [-0.2, -0.15) is 0 Å². The van der Waals surface area contributed by atoms with Gasteiger partial charge in [0.25, 0.3) is 0 Å². The van der Waals surface area contributed by atoms with Gasteiger partial charge in [0.1, 0.15) is 0 Å². The summed E-state index contributed by atoms with van der Waals surface area (Å²) >= 11 is 0. The molecule has 4 rings (SSSR count). The molecule has 0 atom stereocenters. The Hall–Kier alpha value is -3.36. The Labute approximate surface area is 179 Å². The zero-order valence-electron chi connectivity index (χ0n) is 17.2. The maximum Gasteiger partial charge on any atom is 0.242 e. The number of benzene rings is 4. The fourth-order valence-electron chi connectivity index (χ4n) is 4.05. The van der Waals surface area contributed by atoms with Crippen molar-refractivity contribution in [1.82, 2.24) is 0 Å². The molecule has 0 heterocycles. The van der Waals surface area contributed by atoms with Gasteiger partial charge < -0.3 is 4.74 Å². The van der Waals surface area contributed by atoms with Crippen LogP contribution in [0.4, 0.5) is 0 Å². The van der Waals surface area contributed by atoms with Crippen molar-refractivity contribution >= 4 is 28.7 Å². The second-order valence-corrected chi connectivity index (χ2v) is 7.31. The maximum atomic E-state index is 5.72. The first-order valence-electron chi connectivity index (χ1n) is 10.3. The van der Waals surface area contributed by atoms with E-state index < -0.39 is 0 Å². The molecule has 2 heteroatoms. The Bertz CT molecular complexity index is 1040. The van der Waals surface area contributed by atoms with Gasteiger partial charge in [0, 0.05) is 7.11 Å². The van der Waals surface area contributed by atoms with Crippen molar-refractivity contribution in [2.75, 3.05) is 13.7 Å². The number of methoxy groups -OCH3 is 1. The fraction of sp³-hybridized carbons (Fsp3) is 0.0714. The van der Waals surface area contributed by atoms with Crippen LogP contribution in [0.15, 0.2) is 121 Å². The zero-order valence-corrected chi connectivity index (χ0v) is 17.2. The molecule has 0 aromatic heterocycles. The summed E-state index contributed by atoms with van der Waals surface area (Å²) in [5.41, 5.74) is 7.43. The van der Waals surface area contributed by atoms with Crippen LogP contribution in [0.2, 0.25) is 0 Å². The second-order valence-electron chi connectivity index (χ2n) is 7.31. The van der Waals surface area contributed by atoms with E-state index in [1.54, 1.807) is 7.11 Å². The highest BCUT2D eigenvalue weighted by molar-refractivity contribution is 7.00. The van der Waals surface area contributed by atoms with Crippen molar-refractivity contribution in [3.8, 4) is 0 Å². The molecule has 0 radical (unpaired) electrons. The van der Waals surface area contributed by atoms with Crippen molar-refractivity contribution < 1.29 is 4.74 Å². The third-order valence-electron chi connectivity index (χ3n) is 5.38. The minimum Gasteiger partial charge on any atom is -0.380 e. The molecule has 4 aromatic carbocycles. The molecule has 0 saturated carbocycles. The molecule has 30 heavy (non-hydrogen) atoms. The lowest BCUT2D eigenvalue weighted by atomic mass is 9.34. The van der Waals surface area contributed by atoms with Crippen LogP contribution in [0.5, 0.6) is 0 Å². The molecule has 0 amide bonds. The quantitative estimate of drug-likeness (QED) is 0.317. The number of hydrogen-bond donors (Lipinski definition) is 0. The van der Waals surface area contributed by atoms with Gasteiger partial charge in [0.05, 0.1) is 6.61 Å². The molecular formula is C28H25BO. The van der Waals surface area contributed by atoms with E-state index in [4.69, 9.17) is 4.74 Å². The van der Waals surface area contributed by atoms with Gasteiger partial charge in [-0.1, -0.05) is 138 Å². The molecule has 0 unspecified atom stereocenters. The van der Waals surface area contributed by atoms with Gasteiger partial charge in [-0.25, -0.2) is 0 Å². The van der Waals surface area contributed by atoms with Crippen LogP contribution in [0.25, 0.3) is 11.0 Å². The van der Waals surface area contributed by atoms with Crippen LogP contribution in [0, 0.1) is 0 Å². The van der Waals surface area contributed by atoms with Crippen LogP contribution in [-0.4, -0.2) is 20.4 Å². The van der Waals surface area contributed by atoms with Crippen LogP contribution >= 0.6 is 0 Å². The molecule has 0 bridgehead atoms. The molecule has 1 nitrogen and oxygen atoms in total. The Kier molecular flexibility index (Phi) is 6.59. The van der Waals surface area contributed by atoms with E-state index in [0.717, 1.165) is 0 Å². The lowest BCUT2D eigenvalue weighted by molar-refractivity contribution is 0.240. The lowest BCUT2D eigenvalue weighted by Gasteiger charge is -2.24. The SMILES string of the molecule is COC/C(=C(\B(c1ccccc1)c1ccccc1)c1ccccc1)c1ccccc1. The summed E-state index contributed by atoms with van der Waals surface area (Å²) < 4.78 is 5.72. The summed E-state index contributed by atoms with van der Waals surface area (Å²) in [5, 5.41) is 0. The van der Waals surface area contributed by atoms with E-state index >= 15 is 0 Å². The van der Waals surface area contributed by atoms with E-state index in [2.05, 4.69) is 121 Å². The Morgan fingerprint density at radius 3 is 1.40 bits per heavy atom. The van der Waals surface area contributed by atoms with Crippen molar-refractivity contribution in [3.05, 3.63) is 132 Å². The van der Waals surface area contributed by atoms with Crippen molar-refractivity contribution in [1.29, 1.82) is 0 Å². The van der Waals surface area contributed by atoms with Crippen LogP contribution in [-0.2, 0) is 4.74 Å². The van der Waals surface area contributed by atoms with E-state index in [9.17, 15) is 0 Å². The first-order chi connectivity index (χ1) is 14.9. The fourth-order valence-corrected chi connectivity index (χ4v) is 4.05. The van der Waals surface area contributed by atoms with Crippen LogP contribution in [0.3, 0.4) is 0 Å². The van der Waals surface area contributed by atoms with Gasteiger partial charge in [-0.3, -0.25) is 0 Å². The van der Waals surface area contributed by atoms with E-state index in [-0.39, 0.29) is 6.71 Å². The molecule has 4 aromatic rings. The Balaban J connectivity index is 2.05. The molecule has 146 valence electrons. The molecule has 0 aliphatic rings. The zero-order chi connectivity index (χ0) is 20.6. The minimum absolute atomic E-state index is 0.0974. The molecule has 0 N–H and O–H groups in total. The van der Waals surface area contributed by atoms with E-state index in [0.29, 0.717) is 6.61 Å². The first-order valence-corrected chi connectivity index (χ1v) is 10.3. The standard InChI is InChI=1S/C28H25BO/c1-30-22-27(23-14-6-2-7-15-23)28(24-16-8-3-9-17-24)29(25-18-10-4-11-19-25)26-20-12-5-13-21-26/h2-21H,22H2,1H3/b28-27+. The molecule has 0 fully saturated rings. The second kappa shape index (κ2) is 9.91. The largest absolute Gasteiger partial charge is 0.380 e. The summed E-state index contributed by atoms with van der Waals surface area (Å²) in [6.45, 7) is 0.643. The molecule has 0 aliphatic heterocycles. The average Bonchev–Trinajstić information content (AvgIpc) is 2.83. The first kappa shape index (κ1) is 19.9. The topological polar surface area (TPSA) is 9.23 Å². The van der Waals surface area contributed by atoms with E-state index in [1.807, 2.05) is 0 Å². The summed E-state index contributed by atoms with van der Waals surface area (Å²) in [6.07, 6.45) is 0. The summed E-state index contributed by atoms with van der Waals surface area (Å²) in [5.74, 6) is 0. The number of ether oxygens (including phenoxy) is 1. The highest BCUT2D eigenvalue weighted by Gasteiger charge is 2.28. The highest BCUT2D eigenvalue weighted by Crippen LogP contribution is 2.29.